The van der Waals surface area contributed by atoms with E-state index in [9.17, 15) is 4.39 Å². The van der Waals surface area contributed by atoms with Crippen LogP contribution in [0.25, 0.3) is 10.9 Å². The van der Waals surface area contributed by atoms with Gasteiger partial charge in [0, 0.05) is 40.7 Å². The summed E-state index contributed by atoms with van der Waals surface area (Å²) >= 11 is 0. The quantitative estimate of drug-likeness (QED) is 0.298. The highest BCUT2D eigenvalue weighted by molar-refractivity contribution is 5.85. The molecule has 170 valence electrons. The highest BCUT2D eigenvalue weighted by atomic mass is 19.1. The molecule has 0 unspecified atom stereocenters. The third-order valence-corrected chi connectivity index (χ3v) is 7.44. The number of aromatic nitrogens is 1. The van der Waals surface area contributed by atoms with Crippen molar-refractivity contribution in [2.24, 2.45) is 0 Å². The minimum absolute atomic E-state index is 0.104. The van der Waals surface area contributed by atoms with Gasteiger partial charge in [0.2, 0.25) is 0 Å². The summed E-state index contributed by atoms with van der Waals surface area (Å²) < 4.78 is 23.1. The summed E-state index contributed by atoms with van der Waals surface area (Å²) in [6.45, 7) is 1.12. The molecule has 3 aromatic carbocycles. The lowest BCUT2D eigenvalue weighted by molar-refractivity contribution is 0.309. The highest BCUT2D eigenvalue weighted by Gasteiger charge is 2.32. The number of terminal acetylenes is 1. The lowest BCUT2D eigenvalue weighted by Crippen LogP contribution is -2.26. The second-order valence-electron chi connectivity index (χ2n) is 9.46. The summed E-state index contributed by atoms with van der Waals surface area (Å²) in [6, 6.07) is 19.8. The van der Waals surface area contributed by atoms with Gasteiger partial charge >= 0.3 is 0 Å². The molecule has 4 heteroatoms. The van der Waals surface area contributed by atoms with Crippen LogP contribution in [0.15, 0.2) is 66.9 Å². The number of likely N-dealkylation sites (tertiary alicyclic amines) is 1. The Hall–Kier alpha value is -3.55. The first-order chi connectivity index (χ1) is 16.6. The minimum atomic E-state index is -0.202. The minimum Gasteiger partial charge on any atom is -0.457 e. The van der Waals surface area contributed by atoms with Gasteiger partial charge in [-0.3, -0.25) is 0 Å². The monoisotopic (exact) mass is 450 g/mol. The van der Waals surface area contributed by atoms with E-state index < -0.39 is 0 Å². The van der Waals surface area contributed by atoms with Gasteiger partial charge in [-0.2, -0.15) is 0 Å². The third kappa shape index (κ3) is 3.40. The second-order valence-corrected chi connectivity index (χ2v) is 9.46. The van der Waals surface area contributed by atoms with Crippen molar-refractivity contribution in [3.8, 4) is 23.8 Å². The predicted molar refractivity (Wildman–Crippen MR) is 134 cm³/mol. The summed E-state index contributed by atoms with van der Waals surface area (Å²) in [7, 11) is 2.19. The van der Waals surface area contributed by atoms with Crippen LogP contribution < -0.4 is 4.74 Å². The summed E-state index contributed by atoms with van der Waals surface area (Å²) in [5.41, 5.74) is 5.48. The molecule has 34 heavy (non-hydrogen) atoms. The van der Waals surface area contributed by atoms with Crippen LogP contribution in [0.4, 0.5) is 4.39 Å². The average molecular weight is 451 g/mol. The second kappa shape index (κ2) is 8.34. The number of rotatable bonds is 4. The summed E-state index contributed by atoms with van der Waals surface area (Å²) in [5, 5.41) is 0.986. The van der Waals surface area contributed by atoms with Gasteiger partial charge in [-0.25, -0.2) is 4.39 Å². The van der Waals surface area contributed by atoms with E-state index in [0.29, 0.717) is 12.5 Å². The van der Waals surface area contributed by atoms with Gasteiger partial charge in [0.1, 0.15) is 17.3 Å². The van der Waals surface area contributed by atoms with E-state index >= 15 is 0 Å². The van der Waals surface area contributed by atoms with Crippen molar-refractivity contribution in [2.45, 2.75) is 37.8 Å². The number of nitrogens with zero attached hydrogens (tertiary/aromatic N) is 2. The number of fused-ring (bicyclic) bond motifs is 3. The molecule has 1 aromatic heterocycles. The van der Waals surface area contributed by atoms with Crippen molar-refractivity contribution in [1.82, 2.24) is 9.47 Å². The zero-order valence-electron chi connectivity index (χ0n) is 19.3. The molecule has 0 bridgehead atoms. The molecular formula is C30H27FN2O. The maximum atomic E-state index is 14.4. The van der Waals surface area contributed by atoms with Gasteiger partial charge in [-0.15, -0.1) is 12.3 Å². The lowest BCUT2D eigenvalue weighted by atomic mass is 9.89. The Kier molecular flexibility index (Phi) is 5.16. The van der Waals surface area contributed by atoms with Gasteiger partial charge in [-0.05, 0) is 74.3 Å². The van der Waals surface area contributed by atoms with Gasteiger partial charge in [0.05, 0.1) is 6.04 Å². The summed E-state index contributed by atoms with van der Waals surface area (Å²) in [5.74, 6) is 4.29. The third-order valence-electron chi connectivity index (χ3n) is 7.44. The lowest BCUT2D eigenvalue weighted by Gasteiger charge is -2.31. The van der Waals surface area contributed by atoms with Crippen LogP contribution in [0, 0.1) is 18.2 Å². The molecule has 0 N–H and O–H groups in total. The number of halogens is 1. The Balaban J connectivity index is 1.59. The maximum Gasteiger partial charge on any atom is 0.133 e. The zero-order chi connectivity index (χ0) is 23.2. The van der Waals surface area contributed by atoms with Crippen LogP contribution in [0.2, 0.25) is 0 Å². The first-order valence-electron chi connectivity index (χ1n) is 12.0. The van der Waals surface area contributed by atoms with Crippen LogP contribution in [0.1, 0.15) is 41.1 Å². The van der Waals surface area contributed by atoms with Gasteiger partial charge in [0.15, 0.2) is 0 Å². The number of hydrogen-bond donors (Lipinski definition) is 0. The smallest absolute Gasteiger partial charge is 0.133 e. The molecule has 4 aromatic rings. The molecule has 0 aliphatic carbocycles. The van der Waals surface area contributed by atoms with Crippen LogP contribution in [-0.2, 0) is 12.8 Å². The van der Waals surface area contributed by atoms with Crippen molar-refractivity contribution >= 4 is 10.9 Å². The standard InChI is InChI=1S/C30H27FN2O/c1-3-8-20-9-6-13-28-29(20)30(24-11-4-5-12-27(24)34-28)33-19-21(17-23-10-7-16-32(23)2)25-18-22(31)14-15-26(25)33/h1,4-6,9,11-15,18-19,23,30H,7-8,10,16-17H2,2H3/t23-,30-/m0/s1. The van der Waals surface area contributed by atoms with E-state index in [4.69, 9.17) is 11.2 Å². The topological polar surface area (TPSA) is 17.4 Å². The SMILES string of the molecule is C#CCc1cccc2c1[C@@H](n1cc(C[C@@H]3CCCN3C)c3cc(F)ccc31)c1ccccc1O2. The van der Waals surface area contributed by atoms with Gasteiger partial charge < -0.3 is 14.2 Å². The van der Waals surface area contributed by atoms with Crippen molar-refractivity contribution in [1.29, 1.82) is 0 Å². The predicted octanol–water partition coefficient (Wildman–Crippen LogP) is 6.34. The fourth-order valence-corrected chi connectivity index (χ4v) is 5.78. The van der Waals surface area contributed by atoms with Crippen LogP contribution in [0.3, 0.4) is 0 Å². The van der Waals surface area contributed by atoms with E-state index in [-0.39, 0.29) is 11.9 Å². The fraction of sp³-hybridized carbons (Fsp3) is 0.267. The van der Waals surface area contributed by atoms with E-state index in [1.165, 1.54) is 18.4 Å². The fourth-order valence-electron chi connectivity index (χ4n) is 5.78. The number of para-hydroxylation sites is 1. The summed E-state index contributed by atoms with van der Waals surface area (Å²) in [4.78, 5) is 2.42. The van der Waals surface area contributed by atoms with E-state index in [2.05, 4.69) is 40.8 Å². The molecule has 2 atom stereocenters. The van der Waals surface area contributed by atoms with Gasteiger partial charge in [0.25, 0.3) is 0 Å². The van der Waals surface area contributed by atoms with E-state index in [1.807, 2.05) is 36.4 Å². The van der Waals surface area contributed by atoms with Crippen molar-refractivity contribution in [2.75, 3.05) is 13.6 Å². The molecule has 1 fully saturated rings. The molecular weight excluding hydrogens is 423 g/mol. The number of ether oxygens (including phenoxy) is 1. The average Bonchev–Trinajstić information content (AvgIpc) is 3.41. The first kappa shape index (κ1) is 21.0. The van der Waals surface area contributed by atoms with Crippen molar-refractivity contribution < 1.29 is 9.13 Å². The van der Waals surface area contributed by atoms with Crippen LogP contribution in [0.5, 0.6) is 11.5 Å². The Morgan fingerprint density at radius 1 is 1.06 bits per heavy atom. The van der Waals surface area contributed by atoms with E-state index in [1.54, 1.807) is 12.1 Å². The zero-order valence-corrected chi connectivity index (χ0v) is 19.3. The molecule has 0 spiro atoms. The Morgan fingerprint density at radius 2 is 1.91 bits per heavy atom. The Labute approximate surface area is 199 Å². The van der Waals surface area contributed by atoms with Crippen molar-refractivity contribution in [3.05, 3.63) is 94.9 Å². The molecule has 0 amide bonds. The number of hydrogen-bond acceptors (Lipinski definition) is 2. The Morgan fingerprint density at radius 3 is 2.74 bits per heavy atom. The van der Waals surface area contributed by atoms with Crippen molar-refractivity contribution in [3.63, 3.8) is 0 Å². The first-order valence-corrected chi connectivity index (χ1v) is 12.0. The number of likely N-dealkylation sites (N-methyl/N-ethyl adjacent to an activating group) is 1. The molecule has 0 radical (unpaired) electrons. The molecule has 6 rings (SSSR count). The highest BCUT2D eigenvalue weighted by Crippen LogP contribution is 2.47. The Bertz CT molecular complexity index is 1430. The number of benzene rings is 3. The largest absolute Gasteiger partial charge is 0.457 e. The normalized spacial score (nSPS) is 19.4. The van der Waals surface area contributed by atoms with E-state index in [0.717, 1.165) is 52.1 Å². The summed E-state index contributed by atoms with van der Waals surface area (Å²) in [6.07, 6.45) is 11.8. The van der Waals surface area contributed by atoms with Gasteiger partial charge in [-0.1, -0.05) is 30.3 Å². The molecule has 3 heterocycles. The molecule has 1 saturated heterocycles. The molecule has 3 nitrogen and oxygen atoms in total. The molecule has 0 saturated carbocycles. The van der Waals surface area contributed by atoms with Crippen LogP contribution >= 0.6 is 0 Å². The molecule has 2 aliphatic rings. The van der Waals surface area contributed by atoms with Crippen LogP contribution in [-0.4, -0.2) is 29.1 Å². The molecule has 2 aliphatic heterocycles. The maximum absolute atomic E-state index is 14.4.